The molecule has 37 nitrogen and oxygen atoms in total. The van der Waals surface area contributed by atoms with Gasteiger partial charge in [0.25, 0.3) is 29.5 Å². The maximum Gasteiger partial charge on any atom is 0.261 e. The average Bonchev–Trinajstić information content (AvgIpc) is 1.62. The van der Waals surface area contributed by atoms with Crippen LogP contribution in [0.5, 0.6) is 23.0 Å². The van der Waals surface area contributed by atoms with E-state index in [9.17, 15) is 59.1 Å². The lowest BCUT2D eigenvalue weighted by atomic mass is 10.0. The maximum atomic E-state index is 13.9. The van der Waals surface area contributed by atoms with Gasteiger partial charge in [0.2, 0.25) is 6.79 Å². The zero-order valence-electron chi connectivity index (χ0n) is 72.7. The number of ether oxygens (including phenoxy) is 5. The van der Waals surface area contributed by atoms with Gasteiger partial charge in [0.1, 0.15) is 105 Å². The fourth-order valence-electron chi connectivity index (χ4n) is 16.1. The molecule has 15 heterocycles. The van der Waals surface area contributed by atoms with Gasteiger partial charge in [-0.05, 0) is 134 Å². The van der Waals surface area contributed by atoms with Crippen molar-refractivity contribution >= 4 is 108 Å². The van der Waals surface area contributed by atoms with Crippen LogP contribution in [0.2, 0.25) is 0 Å². The Balaban J connectivity index is 0.000000108. The highest BCUT2D eigenvalue weighted by Gasteiger charge is 2.32. The van der Waals surface area contributed by atoms with E-state index in [1.165, 1.54) is 36.8 Å². The number of para-hydroxylation sites is 4. The van der Waals surface area contributed by atoms with Gasteiger partial charge in [-0.15, -0.1) is 0 Å². The molecule has 14 N–H and O–H groups in total. The number of morpholine rings is 1. The van der Waals surface area contributed by atoms with Crippen LogP contribution in [0.25, 0.3) is 95.7 Å². The van der Waals surface area contributed by atoms with E-state index < -0.39 is 80.9 Å². The molecule has 12 aromatic heterocycles. The number of pyridine rings is 1. The SMILES string of the molecule is Cc1oc(CN2CCOCC2)cc1C(=O)Nc1cn[nH]c1-c1nc2ccccc2[nH]1.O=C(Nc1cn[nH]c1-c1nc2c3c(ccc2[nH]1)OCCO3)c1c(F)cccc1F.O=C(Nc1cn[nH]c1-c1nc2cc3c(cc2[nH]1)OCO3)c1c(F)cccc1F.O=C(Nc1cn[nH]c1-c1nc2ccccc2[nH]1)c1cnn2ccccc12.O=C(Nc1cn[nH]c1C1Cc2cc(F)c(F)cc2C1)c1c(F)cccc1F. The second-order valence-electron chi connectivity index (χ2n) is 31.8. The molecule has 1 saturated heterocycles. The van der Waals surface area contributed by atoms with Gasteiger partial charge in [-0.2, -0.15) is 30.6 Å². The molecule has 0 bridgehead atoms. The van der Waals surface area contributed by atoms with Crippen LogP contribution in [0.3, 0.4) is 0 Å². The number of nitrogens with zero attached hydrogens (tertiary/aromatic N) is 12. The zero-order chi connectivity index (χ0) is 96.3. The van der Waals surface area contributed by atoms with Crippen molar-refractivity contribution in [1.29, 1.82) is 0 Å². The van der Waals surface area contributed by atoms with Crippen molar-refractivity contribution in [2.45, 2.75) is 32.2 Å². The van der Waals surface area contributed by atoms with E-state index in [4.69, 9.17) is 28.1 Å². The Hall–Kier alpha value is -18.4. The second kappa shape index (κ2) is 38.5. The first-order valence-electron chi connectivity index (χ1n) is 42.9. The minimum atomic E-state index is -0.975. The monoisotopic (exact) mass is 1900 g/mol. The molecule has 8 aromatic carbocycles. The Morgan fingerprint density at radius 1 is 0.400 bits per heavy atom. The Labute approximate surface area is 780 Å². The second-order valence-corrected chi connectivity index (χ2v) is 31.8. The molecular weight excluding hydrogens is 1830 g/mol. The highest BCUT2D eigenvalue weighted by molar-refractivity contribution is 6.11. The van der Waals surface area contributed by atoms with Crippen molar-refractivity contribution in [2.24, 2.45) is 0 Å². The Kier molecular flexibility index (Phi) is 24.6. The molecule has 0 saturated carbocycles. The van der Waals surface area contributed by atoms with Crippen LogP contribution in [0, 0.1) is 53.5 Å². The summed E-state index contributed by atoms with van der Waals surface area (Å²) in [6.07, 6.45) is 11.3. The van der Waals surface area contributed by atoms with Gasteiger partial charge in [-0.3, -0.25) is 54.4 Å². The number of H-pyrrole nitrogens is 9. The van der Waals surface area contributed by atoms with Crippen molar-refractivity contribution in [2.75, 3.05) is 72.9 Å². The number of anilines is 5. The number of aryl methyl sites for hydroxylation is 1. The number of aromatic amines is 9. The number of rotatable bonds is 17. The normalized spacial score (nSPS) is 13.1. The highest BCUT2D eigenvalue weighted by Crippen LogP contribution is 2.42. The van der Waals surface area contributed by atoms with Crippen LogP contribution >= 0.6 is 0 Å². The molecule has 1 aliphatic carbocycles. The predicted octanol–water partition coefficient (Wildman–Crippen LogP) is 16.4. The molecule has 0 spiro atoms. The maximum absolute atomic E-state index is 13.9. The molecule has 140 heavy (non-hydrogen) atoms. The van der Waals surface area contributed by atoms with Crippen molar-refractivity contribution < 1.29 is 87.2 Å². The van der Waals surface area contributed by atoms with E-state index in [0.717, 1.165) is 108 Å². The number of carbonyl (C=O) groups excluding carboxylic acids is 5. The van der Waals surface area contributed by atoms with Crippen molar-refractivity contribution in [1.82, 2.24) is 105 Å². The lowest BCUT2D eigenvalue weighted by molar-refractivity contribution is 0.0312. The first kappa shape index (κ1) is 89.4. The van der Waals surface area contributed by atoms with Crippen molar-refractivity contribution in [3.8, 4) is 69.1 Å². The van der Waals surface area contributed by atoms with Crippen LogP contribution in [-0.2, 0) is 24.1 Å². The van der Waals surface area contributed by atoms with Crippen LogP contribution in [0.15, 0.2) is 212 Å². The van der Waals surface area contributed by atoms with E-state index in [-0.39, 0.29) is 41.6 Å². The lowest BCUT2D eigenvalue weighted by Crippen LogP contribution is -2.35. The molecule has 1 fully saturated rings. The largest absolute Gasteiger partial charge is 0.486 e. The van der Waals surface area contributed by atoms with Gasteiger partial charge < -0.3 is 74.6 Å². The summed E-state index contributed by atoms with van der Waals surface area (Å²) >= 11 is 0. The number of benzene rings is 8. The third kappa shape index (κ3) is 18.5. The number of aromatic nitrogens is 20. The van der Waals surface area contributed by atoms with Crippen molar-refractivity contribution in [3.05, 3.63) is 310 Å². The third-order valence-electron chi connectivity index (χ3n) is 22.8. The molecule has 5 amide bonds. The molecule has 0 unspecified atom stereocenters. The lowest BCUT2D eigenvalue weighted by Gasteiger charge is -2.25. The molecule has 45 heteroatoms. The van der Waals surface area contributed by atoms with Gasteiger partial charge in [0, 0.05) is 37.3 Å². The number of nitrogens with one attached hydrogen (secondary N) is 14. The number of hydrogen-bond donors (Lipinski definition) is 14. The number of imidazole rings is 4. The summed E-state index contributed by atoms with van der Waals surface area (Å²) in [5.41, 5.74) is 11.3. The topological polar surface area (TPSA) is 483 Å². The van der Waals surface area contributed by atoms with Crippen LogP contribution in [-0.4, -0.2) is 181 Å². The standard InChI is InChI=1S/C21H22N6O3.C19H13F4N3O.C19H13F2N5O3.C18H11F2N5O3.C18H13N7O/c1-13-15(10-14(30-13)12-27-6-8-29-9-7-27)21(28)25-18-11-22-26-19(18)20-23-16-4-2-3-5-17(16)24-20;20-12-2-1-3-13(21)17(12)19(27)25-16-8-24-26-18(16)11-4-9-6-14(22)15(23)7-10(9)5-11;20-9-2-1-3-10(21)14(9)19(27)24-12-8-22-26-16(12)18-23-11-4-5-13-17(15(11)25-18)29-7-6-28-13;19-8-2-1-3-9(20)15(8)18(26)24-12-6-21-25-16(12)17-22-10-4-13-14(28-7-27-13)5-11(10)23-17;26-18(11-9-20-25-8-4-3-7-15(11)25)23-14-10-19-24-16(14)17-21-12-5-1-2-6-13(12)22-17/h2-5,10-11H,6-9,12H2,1H3,(H,22,26)(H,23,24)(H,25,28);1-3,6-8,11H,4-5H2,(H,24,26)(H,25,27);1-5,8H,6-7H2,(H,22,26)(H,23,25)(H,24,27);1-6H,7H2,(H,21,25)(H,22,23)(H,24,26);1-10H,(H,19,24)(H,21,22)(H,23,26). The summed E-state index contributed by atoms with van der Waals surface area (Å²) in [7, 11) is 0. The highest BCUT2D eigenvalue weighted by atomic mass is 19.2. The van der Waals surface area contributed by atoms with E-state index in [1.54, 1.807) is 66.6 Å². The molecular formula is C95H72F8N26O11. The van der Waals surface area contributed by atoms with E-state index in [1.807, 2.05) is 66.7 Å². The van der Waals surface area contributed by atoms with E-state index in [2.05, 4.69) is 127 Å². The minimum absolute atomic E-state index is 0.151. The minimum Gasteiger partial charge on any atom is -0.486 e. The zero-order valence-corrected chi connectivity index (χ0v) is 72.7. The number of halogens is 8. The number of fused-ring (bicyclic) bond motifs is 9. The molecule has 20 aromatic rings. The van der Waals surface area contributed by atoms with Crippen molar-refractivity contribution in [3.63, 3.8) is 0 Å². The fourth-order valence-corrected chi connectivity index (χ4v) is 16.1. The first-order chi connectivity index (χ1) is 68.1. The molecule has 3 aliphatic heterocycles. The molecule has 0 radical (unpaired) electrons. The molecule has 0 atom stereocenters. The van der Waals surface area contributed by atoms with Gasteiger partial charge in [0.15, 0.2) is 57.9 Å². The van der Waals surface area contributed by atoms with Crippen LogP contribution in [0.1, 0.15) is 86.0 Å². The van der Waals surface area contributed by atoms with Gasteiger partial charge >= 0.3 is 0 Å². The number of carbonyl (C=O) groups is 5. The van der Waals surface area contributed by atoms with E-state index in [0.29, 0.717) is 169 Å². The quantitative estimate of drug-likeness (QED) is 0.0377. The summed E-state index contributed by atoms with van der Waals surface area (Å²) < 4.78 is 145. The summed E-state index contributed by atoms with van der Waals surface area (Å²) in [5.74, 6) is -5.53. The van der Waals surface area contributed by atoms with Gasteiger partial charge in [0.05, 0.1) is 146 Å². The van der Waals surface area contributed by atoms with Gasteiger partial charge in [-0.25, -0.2) is 59.6 Å². The van der Waals surface area contributed by atoms with Crippen LogP contribution < -0.4 is 45.5 Å². The van der Waals surface area contributed by atoms with Gasteiger partial charge in [-0.1, -0.05) is 48.5 Å². The average molecular weight is 1910 g/mol. The first-order valence-corrected chi connectivity index (χ1v) is 42.9. The summed E-state index contributed by atoms with van der Waals surface area (Å²) in [6, 6.07) is 41.8. The Bertz CT molecular complexity index is 7940. The van der Waals surface area contributed by atoms with Crippen LogP contribution in [0.4, 0.5) is 63.6 Å². The fraction of sp³-hybridized carbons (Fsp3) is 0.126. The smallest absolute Gasteiger partial charge is 0.261 e. The summed E-state index contributed by atoms with van der Waals surface area (Å²) in [5, 5.41) is 51.2. The molecule has 704 valence electrons. The van der Waals surface area contributed by atoms with E-state index >= 15 is 0 Å². The predicted molar refractivity (Wildman–Crippen MR) is 490 cm³/mol. The summed E-state index contributed by atoms with van der Waals surface area (Å²) in [4.78, 5) is 95.7. The Morgan fingerprint density at radius 2 is 0.850 bits per heavy atom. The third-order valence-corrected chi connectivity index (χ3v) is 22.8. The number of hydrogen-bond acceptors (Lipinski definition) is 22. The molecule has 4 aliphatic rings. The molecule has 24 rings (SSSR count). The Morgan fingerprint density at radius 3 is 1.39 bits per heavy atom. The summed E-state index contributed by atoms with van der Waals surface area (Å²) in [6.45, 7) is 6.64. The number of amides is 5. The number of furan rings is 1.